The van der Waals surface area contributed by atoms with Crippen molar-refractivity contribution in [2.24, 2.45) is 10.1 Å². The average Bonchev–Trinajstić information content (AvgIpc) is 2.76. The second kappa shape index (κ2) is 8.00. The third kappa shape index (κ3) is 3.47. The lowest BCUT2D eigenvalue weighted by Gasteiger charge is -2.34. The number of amides is 1. The molecule has 1 atom stereocenters. The van der Waals surface area contributed by atoms with Gasteiger partial charge in [-0.25, -0.2) is 5.01 Å². The van der Waals surface area contributed by atoms with Crippen LogP contribution in [-0.2, 0) is 4.79 Å². The van der Waals surface area contributed by atoms with Crippen molar-refractivity contribution in [3.05, 3.63) is 71.3 Å². The molecule has 0 fully saturated rings. The third-order valence-electron chi connectivity index (χ3n) is 4.56. The van der Waals surface area contributed by atoms with Gasteiger partial charge in [0.05, 0.1) is 19.6 Å². The number of para-hydroxylation sites is 1. The minimum atomic E-state index is -0.509. The molecular weight excluding hydrogens is 388 g/mol. The van der Waals surface area contributed by atoms with Gasteiger partial charge in [-0.15, -0.1) is 11.7 Å². The Kier molecular flexibility index (Phi) is 5.26. The third-order valence-corrected chi connectivity index (χ3v) is 5.42. The maximum Gasteiger partial charge on any atom is 0.276 e. The highest BCUT2D eigenvalue weighted by atomic mass is 32.2. The molecule has 1 N–H and O–H groups in total. The van der Waals surface area contributed by atoms with E-state index in [1.165, 1.54) is 11.8 Å². The van der Waals surface area contributed by atoms with Crippen LogP contribution in [0.1, 0.15) is 11.7 Å². The number of rotatable bonds is 5. The van der Waals surface area contributed by atoms with Gasteiger partial charge < -0.3 is 9.47 Å². The highest BCUT2D eigenvalue weighted by molar-refractivity contribution is 8.14. The summed E-state index contributed by atoms with van der Waals surface area (Å²) in [6, 6.07) is 13.1. The van der Waals surface area contributed by atoms with Gasteiger partial charge in [0, 0.05) is 16.5 Å². The minimum Gasteiger partial charge on any atom is -0.493 e. The Hall–Kier alpha value is -3.26. The van der Waals surface area contributed by atoms with E-state index >= 15 is 0 Å². The largest absolute Gasteiger partial charge is 0.493 e. The Morgan fingerprint density at radius 2 is 2.00 bits per heavy atom. The summed E-state index contributed by atoms with van der Waals surface area (Å²) >= 11 is 1.41. The van der Waals surface area contributed by atoms with Gasteiger partial charge in [0.2, 0.25) is 0 Å². The molecule has 2 aromatic rings. The molecule has 2 aliphatic heterocycles. The zero-order valence-corrected chi connectivity index (χ0v) is 16.9. The fourth-order valence-electron chi connectivity index (χ4n) is 3.26. The molecule has 2 aliphatic rings. The molecule has 4 rings (SSSR count). The van der Waals surface area contributed by atoms with Crippen molar-refractivity contribution in [1.82, 2.24) is 10.3 Å². The van der Waals surface area contributed by atoms with Gasteiger partial charge in [0.25, 0.3) is 5.91 Å². The molecule has 0 bridgehead atoms. The van der Waals surface area contributed by atoms with E-state index in [1.807, 2.05) is 42.5 Å². The lowest BCUT2D eigenvalue weighted by molar-refractivity contribution is -0.116. The zero-order chi connectivity index (χ0) is 20.4. The summed E-state index contributed by atoms with van der Waals surface area (Å²) in [7, 11) is 3.18. The maximum absolute atomic E-state index is 13.0. The Balaban J connectivity index is 1.89. The molecule has 29 heavy (non-hydrogen) atoms. The van der Waals surface area contributed by atoms with Crippen LogP contribution in [0.3, 0.4) is 0 Å². The van der Waals surface area contributed by atoms with Crippen LogP contribution in [0.2, 0.25) is 0 Å². The molecule has 0 unspecified atom stereocenters. The van der Waals surface area contributed by atoms with Gasteiger partial charge in [0.1, 0.15) is 5.70 Å². The van der Waals surface area contributed by atoms with E-state index in [0.717, 1.165) is 16.1 Å². The number of nitrogens with zero attached hydrogens (tertiary/aromatic N) is 3. The molecule has 2 heterocycles. The van der Waals surface area contributed by atoms with Crippen LogP contribution in [0.5, 0.6) is 11.5 Å². The topological polar surface area (TPSA) is 75.5 Å². The van der Waals surface area contributed by atoms with Crippen LogP contribution >= 0.6 is 11.8 Å². The van der Waals surface area contributed by atoms with Crippen molar-refractivity contribution in [1.29, 1.82) is 0 Å². The van der Waals surface area contributed by atoms with Gasteiger partial charge in [0.15, 0.2) is 22.8 Å². The number of amidine groups is 1. The van der Waals surface area contributed by atoms with Crippen molar-refractivity contribution >= 4 is 28.5 Å². The van der Waals surface area contributed by atoms with Gasteiger partial charge in [-0.3, -0.25) is 15.1 Å². The van der Waals surface area contributed by atoms with Gasteiger partial charge in [-0.1, -0.05) is 42.1 Å². The summed E-state index contributed by atoms with van der Waals surface area (Å²) in [5.74, 6) is 1.64. The van der Waals surface area contributed by atoms with E-state index in [9.17, 15) is 4.79 Å². The molecule has 1 amide bonds. The number of hydrazone groups is 1. The van der Waals surface area contributed by atoms with E-state index in [1.54, 1.807) is 25.3 Å². The van der Waals surface area contributed by atoms with Crippen molar-refractivity contribution in [3.63, 3.8) is 0 Å². The zero-order valence-electron chi connectivity index (χ0n) is 16.1. The van der Waals surface area contributed by atoms with Crippen LogP contribution in [0.25, 0.3) is 5.70 Å². The van der Waals surface area contributed by atoms with Crippen molar-refractivity contribution in [2.75, 3.05) is 20.0 Å². The average molecular weight is 408 g/mol. The molecule has 0 saturated carbocycles. The smallest absolute Gasteiger partial charge is 0.276 e. The molecule has 0 aromatic heterocycles. The standard InChI is InChI=1S/C21H20N4O3S/c1-4-11-29-21-23-20(26)18-14-7-5-6-8-15(14)22-19(25(18)24-21)13-9-10-16(27-2)17(12-13)28-3/h4-10,12,19H,1,11H2,2-3H3,(H,23,24,26)/t19-/m0/s1. The van der Waals surface area contributed by atoms with E-state index < -0.39 is 6.17 Å². The molecule has 0 radical (unpaired) electrons. The van der Waals surface area contributed by atoms with Crippen LogP contribution in [-0.4, -0.2) is 36.1 Å². The summed E-state index contributed by atoms with van der Waals surface area (Å²) in [6.45, 7) is 3.72. The Morgan fingerprint density at radius 1 is 1.21 bits per heavy atom. The van der Waals surface area contributed by atoms with Crippen LogP contribution in [0.4, 0.5) is 0 Å². The summed E-state index contributed by atoms with van der Waals surface area (Å²) in [6.07, 6.45) is 1.25. The number of fused-ring (bicyclic) bond motifs is 2. The fourth-order valence-corrected chi connectivity index (χ4v) is 3.85. The normalized spacial score (nSPS) is 17.4. The fraction of sp³-hybridized carbons (Fsp3) is 0.190. The minimum absolute atomic E-state index is 0.209. The number of hydrogen-bond acceptors (Lipinski definition) is 7. The lowest BCUT2D eigenvalue weighted by atomic mass is 10.1. The highest BCUT2D eigenvalue weighted by Gasteiger charge is 2.34. The lowest BCUT2D eigenvalue weighted by Crippen LogP contribution is -2.50. The second-order valence-corrected chi connectivity index (χ2v) is 7.30. The Labute approximate surface area is 172 Å². The molecule has 8 heteroatoms. The number of ether oxygens (including phenoxy) is 2. The first kappa shape index (κ1) is 19.1. The predicted octanol–water partition coefficient (Wildman–Crippen LogP) is 1.77. The maximum atomic E-state index is 13.0. The second-order valence-electron chi connectivity index (χ2n) is 6.29. The van der Waals surface area contributed by atoms with Gasteiger partial charge in [-0.2, -0.15) is 0 Å². The van der Waals surface area contributed by atoms with Gasteiger partial charge in [-0.05, 0) is 18.2 Å². The number of carbonyl (C=O) groups is 1. The monoisotopic (exact) mass is 408 g/mol. The molecule has 7 nitrogen and oxygen atoms in total. The highest BCUT2D eigenvalue weighted by Crippen LogP contribution is 2.35. The van der Waals surface area contributed by atoms with E-state index in [0.29, 0.717) is 28.1 Å². The first-order valence-electron chi connectivity index (χ1n) is 8.98. The number of carbonyl (C=O) groups excluding carboxylic acids is 1. The van der Waals surface area contributed by atoms with E-state index in [2.05, 4.69) is 17.0 Å². The quantitative estimate of drug-likeness (QED) is 0.763. The van der Waals surface area contributed by atoms with Crippen molar-refractivity contribution in [2.45, 2.75) is 6.17 Å². The summed E-state index contributed by atoms with van der Waals surface area (Å²) in [4.78, 5) is 17.8. The van der Waals surface area contributed by atoms with Crippen LogP contribution in [0, 0.1) is 0 Å². The SMILES string of the molecule is C=CCSC1=NN2C(=c3ccccc3=N[C@@H]2c2ccc(OC)c(OC)c2)C(=O)N1. The first-order chi connectivity index (χ1) is 14.2. The van der Waals surface area contributed by atoms with Gasteiger partial charge >= 0.3 is 0 Å². The van der Waals surface area contributed by atoms with E-state index in [-0.39, 0.29) is 5.91 Å². The molecule has 2 aromatic carbocycles. The van der Waals surface area contributed by atoms with Crippen molar-refractivity contribution in [3.8, 4) is 11.5 Å². The number of thioether (sulfide) groups is 1. The molecule has 0 saturated heterocycles. The molecule has 0 spiro atoms. The Morgan fingerprint density at radius 3 is 2.76 bits per heavy atom. The van der Waals surface area contributed by atoms with Crippen LogP contribution in [0.15, 0.2) is 65.2 Å². The summed E-state index contributed by atoms with van der Waals surface area (Å²) < 4.78 is 10.8. The number of nitrogens with one attached hydrogen (secondary N) is 1. The van der Waals surface area contributed by atoms with Crippen LogP contribution < -0.4 is 25.4 Å². The van der Waals surface area contributed by atoms with Crippen molar-refractivity contribution < 1.29 is 14.3 Å². The number of benzene rings is 2. The number of methoxy groups -OCH3 is 2. The molecular formula is C21H20N4O3S. The first-order valence-corrected chi connectivity index (χ1v) is 9.97. The molecule has 148 valence electrons. The predicted molar refractivity (Wildman–Crippen MR) is 113 cm³/mol. The number of hydrogen-bond donors (Lipinski definition) is 1. The summed E-state index contributed by atoms with van der Waals surface area (Å²) in [5.41, 5.74) is 1.31. The van der Waals surface area contributed by atoms with E-state index in [4.69, 9.17) is 14.5 Å². The summed E-state index contributed by atoms with van der Waals surface area (Å²) in [5, 5.41) is 11.2. The molecule has 0 aliphatic carbocycles. The Bertz CT molecular complexity index is 1130.